The van der Waals surface area contributed by atoms with Crippen LogP contribution in [0.2, 0.25) is 0 Å². The van der Waals surface area contributed by atoms with Gasteiger partial charge in [-0.05, 0) is 26.4 Å². The van der Waals surface area contributed by atoms with Crippen LogP contribution in [0.15, 0.2) is 12.4 Å². The highest BCUT2D eigenvalue weighted by Crippen LogP contribution is 2.23. The zero-order valence-electron chi connectivity index (χ0n) is 13.3. The van der Waals surface area contributed by atoms with Crippen LogP contribution in [0.3, 0.4) is 0 Å². The summed E-state index contributed by atoms with van der Waals surface area (Å²) in [5, 5.41) is 9.03. The monoisotopic (exact) mass is 315 g/mol. The third kappa shape index (κ3) is 3.59. The van der Waals surface area contributed by atoms with Gasteiger partial charge in [0.1, 0.15) is 12.2 Å². The molecule has 7 nitrogen and oxygen atoms in total. The second-order valence-corrected chi connectivity index (χ2v) is 6.24. The van der Waals surface area contributed by atoms with Crippen LogP contribution >= 0.6 is 0 Å². The Labute approximate surface area is 135 Å². The lowest BCUT2D eigenvalue weighted by Crippen LogP contribution is -2.43. The Kier molecular flexibility index (Phi) is 4.72. The first kappa shape index (κ1) is 15.7. The van der Waals surface area contributed by atoms with E-state index >= 15 is 0 Å². The Balaban J connectivity index is 1.58. The molecule has 0 spiro atoms. The minimum absolute atomic E-state index is 0.0960. The van der Waals surface area contributed by atoms with E-state index in [0.29, 0.717) is 13.1 Å². The minimum atomic E-state index is -0.121. The van der Waals surface area contributed by atoms with E-state index in [4.69, 9.17) is 10.00 Å². The Bertz CT molecular complexity index is 615. The lowest BCUT2D eigenvalue weighted by molar-refractivity contribution is -0.136. The number of aromatic nitrogens is 2. The van der Waals surface area contributed by atoms with Crippen LogP contribution in [0.1, 0.15) is 25.0 Å². The summed E-state index contributed by atoms with van der Waals surface area (Å²) >= 11 is 0. The molecule has 7 heteroatoms. The number of piperidine rings is 1. The highest BCUT2D eigenvalue weighted by Gasteiger charge is 2.33. The fourth-order valence-electron chi connectivity index (χ4n) is 3.30. The fourth-order valence-corrected chi connectivity index (χ4v) is 3.30. The standard InChI is InChI=1S/C16H21N5O2/c1-20-7-2-3-12(10-20)16(22)21-8-4-13(11-21)23-15-14(9-17)18-5-6-19-15/h5-6,12-13H,2-4,7-8,10-11H2,1H3/t12-,13+/m1/s1. The Morgan fingerprint density at radius 2 is 2.13 bits per heavy atom. The van der Waals surface area contributed by atoms with Crippen LogP contribution in [0.5, 0.6) is 5.88 Å². The third-order valence-electron chi connectivity index (χ3n) is 4.48. The van der Waals surface area contributed by atoms with Crippen molar-refractivity contribution in [3.63, 3.8) is 0 Å². The maximum Gasteiger partial charge on any atom is 0.251 e. The molecule has 2 fully saturated rings. The molecule has 0 aromatic carbocycles. The molecule has 2 aliphatic heterocycles. The summed E-state index contributed by atoms with van der Waals surface area (Å²) in [7, 11) is 2.06. The molecule has 0 unspecified atom stereocenters. The number of carbonyl (C=O) groups excluding carboxylic acids is 1. The van der Waals surface area contributed by atoms with Gasteiger partial charge in [-0.3, -0.25) is 4.79 Å². The molecule has 3 heterocycles. The summed E-state index contributed by atoms with van der Waals surface area (Å²) in [6.07, 6.45) is 5.65. The second kappa shape index (κ2) is 6.92. The highest BCUT2D eigenvalue weighted by atomic mass is 16.5. The van der Waals surface area contributed by atoms with Crippen molar-refractivity contribution < 1.29 is 9.53 Å². The quantitative estimate of drug-likeness (QED) is 0.815. The van der Waals surface area contributed by atoms with Crippen LogP contribution in [-0.4, -0.2) is 65.0 Å². The van der Waals surface area contributed by atoms with Gasteiger partial charge in [0, 0.05) is 31.9 Å². The Morgan fingerprint density at radius 3 is 2.91 bits per heavy atom. The zero-order valence-corrected chi connectivity index (χ0v) is 13.3. The number of hydrogen-bond acceptors (Lipinski definition) is 6. The first-order chi connectivity index (χ1) is 11.2. The molecule has 1 aromatic rings. The topological polar surface area (TPSA) is 82.3 Å². The van der Waals surface area contributed by atoms with E-state index in [1.807, 2.05) is 11.0 Å². The van der Waals surface area contributed by atoms with Gasteiger partial charge < -0.3 is 14.5 Å². The zero-order chi connectivity index (χ0) is 16.2. The van der Waals surface area contributed by atoms with Crippen LogP contribution in [0.25, 0.3) is 0 Å². The number of carbonyl (C=O) groups is 1. The summed E-state index contributed by atoms with van der Waals surface area (Å²) in [6.45, 7) is 3.16. The molecule has 23 heavy (non-hydrogen) atoms. The van der Waals surface area contributed by atoms with Gasteiger partial charge >= 0.3 is 0 Å². The normalized spacial score (nSPS) is 25.1. The number of rotatable bonds is 3. The van der Waals surface area contributed by atoms with E-state index < -0.39 is 0 Å². The SMILES string of the molecule is CN1CCC[C@@H](C(=O)N2CC[C@H](Oc3nccnc3C#N)C2)C1. The summed E-state index contributed by atoms with van der Waals surface area (Å²) in [5.41, 5.74) is 0.186. The maximum absolute atomic E-state index is 12.6. The first-order valence-electron chi connectivity index (χ1n) is 8.02. The average Bonchev–Trinajstić information content (AvgIpc) is 3.03. The number of ether oxygens (including phenoxy) is 1. The van der Waals surface area contributed by atoms with Crippen LogP contribution < -0.4 is 4.74 Å². The first-order valence-corrected chi connectivity index (χ1v) is 8.02. The van der Waals surface area contributed by atoms with Crippen LogP contribution in [0, 0.1) is 17.2 Å². The molecule has 2 saturated heterocycles. The van der Waals surface area contributed by atoms with E-state index in [0.717, 1.165) is 32.4 Å². The second-order valence-electron chi connectivity index (χ2n) is 6.24. The average molecular weight is 315 g/mol. The van der Waals surface area contributed by atoms with Gasteiger partial charge in [-0.1, -0.05) is 0 Å². The van der Waals surface area contributed by atoms with Gasteiger partial charge in [-0.15, -0.1) is 0 Å². The van der Waals surface area contributed by atoms with Crippen molar-refractivity contribution in [3.8, 4) is 11.9 Å². The van der Waals surface area contributed by atoms with Gasteiger partial charge in [-0.2, -0.15) is 5.26 Å². The number of nitrogens with zero attached hydrogens (tertiary/aromatic N) is 5. The van der Waals surface area contributed by atoms with Crippen LogP contribution in [0.4, 0.5) is 0 Å². The highest BCUT2D eigenvalue weighted by molar-refractivity contribution is 5.79. The molecular weight excluding hydrogens is 294 g/mol. The lowest BCUT2D eigenvalue weighted by atomic mass is 9.97. The van der Waals surface area contributed by atoms with Gasteiger partial charge in [-0.25, -0.2) is 9.97 Å². The molecule has 1 amide bonds. The van der Waals surface area contributed by atoms with E-state index in [9.17, 15) is 4.79 Å². The molecule has 122 valence electrons. The van der Waals surface area contributed by atoms with Gasteiger partial charge in [0.05, 0.1) is 12.5 Å². The number of amides is 1. The molecular formula is C16H21N5O2. The summed E-state index contributed by atoms with van der Waals surface area (Å²) in [5.74, 6) is 0.577. The molecule has 3 rings (SSSR count). The summed E-state index contributed by atoms with van der Waals surface area (Å²) in [6, 6.07) is 1.98. The maximum atomic E-state index is 12.6. The molecule has 0 aliphatic carbocycles. The molecule has 0 bridgehead atoms. The van der Waals surface area contributed by atoms with E-state index in [1.165, 1.54) is 12.4 Å². The van der Waals surface area contributed by atoms with Crippen molar-refractivity contribution in [2.24, 2.45) is 5.92 Å². The largest absolute Gasteiger partial charge is 0.470 e. The van der Waals surface area contributed by atoms with Gasteiger partial charge in [0.15, 0.2) is 0 Å². The van der Waals surface area contributed by atoms with Gasteiger partial charge in [0.25, 0.3) is 5.88 Å². The van der Waals surface area contributed by atoms with Crippen LogP contribution in [-0.2, 0) is 4.79 Å². The molecule has 1 aromatic heterocycles. The third-order valence-corrected chi connectivity index (χ3v) is 4.48. The Morgan fingerprint density at radius 1 is 1.30 bits per heavy atom. The molecule has 0 saturated carbocycles. The van der Waals surface area contributed by atoms with Crippen molar-refractivity contribution in [2.45, 2.75) is 25.4 Å². The Hall–Kier alpha value is -2.20. The van der Waals surface area contributed by atoms with E-state index in [1.54, 1.807) is 0 Å². The van der Waals surface area contributed by atoms with Crippen molar-refractivity contribution >= 4 is 5.91 Å². The smallest absolute Gasteiger partial charge is 0.251 e. The summed E-state index contributed by atoms with van der Waals surface area (Å²) in [4.78, 5) is 24.7. The number of hydrogen-bond donors (Lipinski definition) is 0. The predicted octanol–water partition coefficient (Wildman–Crippen LogP) is 0.670. The van der Waals surface area contributed by atoms with Crippen molar-refractivity contribution in [1.82, 2.24) is 19.8 Å². The van der Waals surface area contributed by atoms with Crippen molar-refractivity contribution in [3.05, 3.63) is 18.1 Å². The van der Waals surface area contributed by atoms with E-state index in [-0.39, 0.29) is 29.5 Å². The summed E-state index contributed by atoms with van der Waals surface area (Å²) < 4.78 is 5.79. The number of nitriles is 1. The van der Waals surface area contributed by atoms with Crippen molar-refractivity contribution in [1.29, 1.82) is 5.26 Å². The molecule has 0 N–H and O–H groups in total. The molecule has 2 aliphatic rings. The van der Waals surface area contributed by atoms with Crippen molar-refractivity contribution in [2.75, 3.05) is 33.2 Å². The van der Waals surface area contributed by atoms with E-state index in [2.05, 4.69) is 21.9 Å². The minimum Gasteiger partial charge on any atom is -0.470 e. The predicted molar refractivity (Wildman–Crippen MR) is 82.6 cm³/mol. The number of likely N-dealkylation sites (tertiary alicyclic amines) is 2. The molecule has 0 radical (unpaired) electrons. The van der Waals surface area contributed by atoms with Gasteiger partial charge in [0.2, 0.25) is 11.6 Å². The lowest BCUT2D eigenvalue weighted by Gasteiger charge is -2.31. The molecule has 2 atom stereocenters. The fraction of sp³-hybridized carbons (Fsp3) is 0.625.